The highest BCUT2D eigenvalue weighted by atomic mass is 32.2. The van der Waals surface area contributed by atoms with Crippen molar-refractivity contribution in [1.82, 2.24) is 10.3 Å². The molecule has 0 aliphatic heterocycles. The lowest BCUT2D eigenvalue weighted by atomic mass is 10.2. The van der Waals surface area contributed by atoms with Crippen molar-refractivity contribution in [2.75, 3.05) is 6.54 Å². The van der Waals surface area contributed by atoms with Crippen LogP contribution in [-0.2, 0) is 0 Å². The van der Waals surface area contributed by atoms with Crippen LogP contribution < -0.4 is 5.32 Å². The molecule has 0 fully saturated rings. The van der Waals surface area contributed by atoms with E-state index in [0.717, 1.165) is 11.8 Å². The lowest BCUT2D eigenvalue weighted by Gasteiger charge is -2.18. The Bertz CT molecular complexity index is 238. The summed E-state index contributed by atoms with van der Waals surface area (Å²) in [6, 6.07) is 0.479. The van der Waals surface area contributed by atoms with Crippen LogP contribution in [0.4, 0.5) is 0 Å². The van der Waals surface area contributed by atoms with Gasteiger partial charge in [0.2, 0.25) is 0 Å². The van der Waals surface area contributed by atoms with Gasteiger partial charge in [0.15, 0.2) is 0 Å². The summed E-state index contributed by atoms with van der Waals surface area (Å²) in [5.74, 6) is 0. The largest absolute Gasteiger partial charge is 0.440 e. The van der Waals surface area contributed by atoms with Crippen molar-refractivity contribution >= 4 is 11.8 Å². The quantitative estimate of drug-likeness (QED) is 0.739. The molecular formula is C10H18N2OS. The molecule has 4 heteroatoms. The lowest BCUT2D eigenvalue weighted by Crippen LogP contribution is -2.34. The van der Waals surface area contributed by atoms with Gasteiger partial charge in [0, 0.05) is 11.3 Å². The Morgan fingerprint density at radius 3 is 2.93 bits per heavy atom. The van der Waals surface area contributed by atoms with Gasteiger partial charge in [-0.05, 0) is 19.9 Å². The molecule has 1 aromatic heterocycles. The third-order valence-electron chi connectivity index (χ3n) is 2.12. The van der Waals surface area contributed by atoms with Crippen LogP contribution in [0.15, 0.2) is 22.1 Å². The molecule has 0 spiro atoms. The second-order valence-electron chi connectivity index (χ2n) is 3.36. The van der Waals surface area contributed by atoms with Crippen LogP contribution >= 0.6 is 11.8 Å². The number of oxazole rings is 1. The lowest BCUT2D eigenvalue weighted by molar-refractivity contribution is 0.450. The first-order valence-electron chi connectivity index (χ1n) is 5.03. The first-order valence-corrected chi connectivity index (χ1v) is 5.91. The third kappa shape index (κ3) is 3.72. The van der Waals surface area contributed by atoms with Crippen LogP contribution in [0.25, 0.3) is 0 Å². The Morgan fingerprint density at radius 2 is 2.36 bits per heavy atom. The van der Waals surface area contributed by atoms with Crippen LogP contribution in [0, 0.1) is 0 Å². The summed E-state index contributed by atoms with van der Waals surface area (Å²) in [6.07, 6.45) is 4.46. The first kappa shape index (κ1) is 11.6. The fraction of sp³-hybridized carbons (Fsp3) is 0.700. The van der Waals surface area contributed by atoms with E-state index in [0.29, 0.717) is 11.3 Å². The molecule has 0 amide bonds. The molecule has 0 radical (unpaired) electrons. The maximum atomic E-state index is 5.18. The minimum atomic E-state index is 0.472. The summed E-state index contributed by atoms with van der Waals surface area (Å²) in [5, 5.41) is 4.68. The van der Waals surface area contributed by atoms with Crippen LogP contribution in [0.5, 0.6) is 0 Å². The predicted octanol–water partition coefficient (Wildman–Crippen LogP) is 2.54. The summed E-state index contributed by atoms with van der Waals surface area (Å²) >= 11 is 1.67. The van der Waals surface area contributed by atoms with E-state index in [9.17, 15) is 0 Å². The molecule has 1 heterocycles. The standard InChI is InChI=1S/C10H18N2OS/c1-4-5-11-8(2)9(3)14-10-12-6-7-13-10/h6-9,11H,4-5H2,1-3H3. The normalized spacial score (nSPS) is 15.4. The highest BCUT2D eigenvalue weighted by Crippen LogP contribution is 2.22. The van der Waals surface area contributed by atoms with E-state index in [2.05, 4.69) is 31.1 Å². The molecule has 3 nitrogen and oxygen atoms in total. The van der Waals surface area contributed by atoms with Crippen LogP contribution in [0.3, 0.4) is 0 Å². The highest BCUT2D eigenvalue weighted by Gasteiger charge is 2.14. The van der Waals surface area contributed by atoms with E-state index in [1.165, 1.54) is 6.42 Å². The Hall–Kier alpha value is -0.480. The van der Waals surface area contributed by atoms with Gasteiger partial charge in [-0.25, -0.2) is 4.98 Å². The minimum absolute atomic E-state index is 0.472. The zero-order valence-electron chi connectivity index (χ0n) is 8.99. The number of thioether (sulfide) groups is 1. The fourth-order valence-corrected chi connectivity index (χ4v) is 1.92. The summed E-state index contributed by atoms with van der Waals surface area (Å²) in [6.45, 7) is 7.61. The summed E-state index contributed by atoms with van der Waals surface area (Å²) in [5.41, 5.74) is 0. The number of nitrogens with one attached hydrogen (secondary N) is 1. The Labute approximate surface area is 89.7 Å². The summed E-state index contributed by atoms with van der Waals surface area (Å²) < 4.78 is 5.18. The fourth-order valence-electron chi connectivity index (χ4n) is 1.07. The molecule has 0 aromatic carbocycles. The van der Waals surface area contributed by atoms with Gasteiger partial charge < -0.3 is 9.73 Å². The van der Waals surface area contributed by atoms with Gasteiger partial charge in [-0.15, -0.1) is 0 Å². The monoisotopic (exact) mass is 214 g/mol. The smallest absolute Gasteiger partial charge is 0.255 e. The number of aromatic nitrogens is 1. The molecule has 14 heavy (non-hydrogen) atoms. The van der Waals surface area contributed by atoms with Crippen molar-refractivity contribution in [2.45, 2.75) is 43.7 Å². The van der Waals surface area contributed by atoms with Gasteiger partial charge in [0.05, 0.1) is 6.20 Å². The molecule has 2 atom stereocenters. The molecule has 0 saturated heterocycles. The van der Waals surface area contributed by atoms with Crippen LogP contribution in [0.1, 0.15) is 27.2 Å². The van der Waals surface area contributed by atoms with Crippen molar-refractivity contribution < 1.29 is 4.42 Å². The van der Waals surface area contributed by atoms with Crippen molar-refractivity contribution in [3.8, 4) is 0 Å². The predicted molar refractivity (Wildman–Crippen MR) is 59.6 cm³/mol. The summed E-state index contributed by atoms with van der Waals surface area (Å²) in [4.78, 5) is 4.09. The molecule has 0 bridgehead atoms. The average molecular weight is 214 g/mol. The Morgan fingerprint density at radius 1 is 1.57 bits per heavy atom. The zero-order valence-corrected chi connectivity index (χ0v) is 9.80. The molecule has 1 N–H and O–H groups in total. The van der Waals surface area contributed by atoms with Gasteiger partial charge in [0.25, 0.3) is 5.22 Å². The van der Waals surface area contributed by atoms with Gasteiger partial charge in [-0.3, -0.25) is 0 Å². The molecule has 80 valence electrons. The van der Waals surface area contributed by atoms with Crippen molar-refractivity contribution in [3.05, 3.63) is 12.5 Å². The molecule has 2 unspecified atom stereocenters. The van der Waals surface area contributed by atoms with Gasteiger partial charge in [-0.1, -0.05) is 25.6 Å². The second kappa shape index (κ2) is 6.09. The molecule has 0 saturated carbocycles. The molecular weight excluding hydrogens is 196 g/mol. The maximum absolute atomic E-state index is 5.18. The van der Waals surface area contributed by atoms with Crippen molar-refractivity contribution in [2.24, 2.45) is 0 Å². The zero-order chi connectivity index (χ0) is 10.4. The first-order chi connectivity index (χ1) is 6.74. The topological polar surface area (TPSA) is 38.1 Å². The molecule has 1 aromatic rings. The van der Waals surface area contributed by atoms with E-state index in [-0.39, 0.29) is 0 Å². The number of rotatable bonds is 6. The van der Waals surface area contributed by atoms with Gasteiger partial charge in [-0.2, -0.15) is 0 Å². The van der Waals surface area contributed by atoms with E-state index >= 15 is 0 Å². The van der Waals surface area contributed by atoms with Gasteiger partial charge in [0.1, 0.15) is 6.26 Å². The van der Waals surface area contributed by atoms with E-state index < -0.39 is 0 Å². The van der Waals surface area contributed by atoms with E-state index in [4.69, 9.17) is 4.42 Å². The number of hydrogen-bond acceptors (Lipinski definition) is 4. The minimum Gasteiger partial charge on any atom is -0.440 e. The van der Waals surface area contributed by atoms with E-state index in [1.807, 2.05) is 0 Å². The van der Waals surface area contributed by atoms with Crippen LogP contribution in [-0.4, -0.2) is 22.8 Å². The van der Waals surface area contributed by atoms with Crippen molar-refractivity contribution in [3.63, 3.8) is 0 Å². The second-order valence-corrected chi connectivity index (χ2v) is 4.69. The third-order valence-corrected chi connectivity index (χ3v) is 3.30. The van der Waals surface area contributed by atoms with Gasteiger partial charge >= 0.3 is 0 Å². The number of hydrogen-bond donors (Lipinski definition) is 1. The molecule has 0 aliphatic rings. The Kier molecular flexibility index (Phi) is 5.04. The van der Waals surface area contributed by atoms with Crippen LogP contribution in [0.2, 0.25) is 0 Å². The Balaban J connectivity index is 2.30. The number of nitrogens with zero attached hydrogens (tertiary/aromatic N) is 1. The molecule has 1 rings (SSSR count). The van der Waals surface area contributed by atoms with Crippen molar-refractivity contribution in [1.29, 1.82) is 0 Å². The average Bonchev–Trinajstić information content (AvgIpc) is 2.66. The van der Waals surface area contributed by atoms with E-state index in [1.54, 1.807) is 24.2 Å². The molecule has 0 aliphatic carbocycles. The summed E-state index contributed by atoms with van der Waals surface area (Å²) in [7, 11) is 0. The highest BCUT2D eigenvalue weighted by molar-refractivity contribution is 7.99. The maximum Gasteiger partial charge on any atom is 0.255 e. The SMILES string of the molecule is CCCNC(C)C(C)Sc1ncco1.